The largest absolute Gasteiger partial charge is 0.385 e. The molecular weight excluding hydrogens is 214 g/mol. The first kappa shape index (κ1) is 14.4. The maximum Gasteiger partial charge on any atom is 0.122 e. The Balaban J connectivity index is 2.45. The van der Waals surface area contributed by atoms with Crippen LogP contribution in [0.2, 0.25) is 0 Å². The zero-order valence-electron chi connectivity index (χ0n) is 11.3. The zero-order chi connectivity index (χ0) is 12.7. The van der Waals surface area contributed by atoms with Crippen LogP contribution in [0.5, 0.6) is 0 Å². The van der Waals surface area contributed by atoms with Crippen LogP contribution in [0.1, 0.15) is 26.2 Å². The molecule has 1 fully saturated rings. The third-order valence-electron chi connectivity index (χ3n) is 3.37. The average Bonchev–Trinajstić information content (AvgIpc) is 3.13. The zero-order valence-corrected chi connectivity index (χ0v) is 11.3. The number of hydrogen-bond acceptors (Lipinski definition) is 4. The maximum atomic E-state index is 9.47. The van der Waals surface area contributed by atoms with Gasteiger partial charge in [-0.05, 0) is 38.8 Å². The highest BCUT2D eigenvalue weighted by Crippen LogP contribution is 2.39. The molecule has 4 heteroatoms. The SMILES string of the molecule is CCNC(C#N)(CN(C)CCCOC)C1CC1. The summed E-state index contributed by atoms with van der Waals surface area (Å²) in [5, 5.41) is 12.9. The predicted octanol–water partition coefficient (Wildman–Crippen LogP) is 1.24. The van der Waals surface area contributed by atoms with Gasteiger partial charge < -0.3 is 9.64 Å². The third-order valence-corrected chi connectivity index (χ3v) is 3.37. The lowest BCUT2D eigenvalue weighted by Crippen LogP contribution is -2.53. The molecule has 17 heavy (non-hydrogen) atoms. The minimum absolute atomic E-state index is 0.337. The molecule has 0 aromatic carbocycles. The fourth-order valence-electron chi connectivity index (χ4n) is 2.37. The van der Waals surface area contributed by atoms with Gasteiger partial charge in [-0.1, -0.05) is 6.92 Å². The number of nitrogens with one attached hydrogen (secondary N) is 1. The number of methoxy groups -OCH3 is 1. The van der Waals surface area contributed by atoms with Gasteiger partial charge in [-0.2, -0.15) is 5.26 Å². The Kier molecular flexibility index (Phi) is 5.90. The standard InChI is InChI=1S/C13H25N3O/c1-4-15-13(10-14,12-6-7-12)11-16(2)8-5-9-17-3/h12,15H,4-9,11H2,1-3H3. The average molecular weight is 239 g/mol. The molecule has 0 heterocycles. The highest BCUT2D eigenvalue weighted by molar-refractivity contribution is 5.16. The summed E-state index contributed by atoms with van der Waals surface area (Å²) in [6.07, 6.45) is 3.39. The van der Waals surface area contributed by atoms with Crippen molar-refractivity contribution in [2.75, 3.05) is 40.4 Å². The number of nitriles is 1. The van der Waals surface area contributed by atoms with Crippen LogP contribution >= 0.6 is 0 Å². The predicted molar refractivity (Wildman–Crippen MR) is 68.7 cm³/mol. The van der Waals surface area contributed by atoms with Crippen molar-refractivity contribution < 1.29 is 4.74 Å². The lowest BCUT2D eigenvalue weighted by Gasteiger charge is -2.32. The second kappa shape index (κ2) is 6.95. The summed E-state index contributed by atoms with van der Waals surface area (Å²) in [6.45, 7) is 5.50. The van der Waals surface area contributed by atoms with Crippen LogP contribution in [0.4, 0.5) is 0 Å². The Morgan fingerprint density at radius 1 is 1.53 bits per heavy atom. The molecule has 0 aliphatic heterocycles. The summed E-state index contributed by atoms with van der Waals surface area (Å²) in [6, 6.07) is 2.52. The van der Waals surface area contributed by atoms with E-state index in [0.29, 0.717) is 5.92 Å². The Morgan fingerprint density at radius 3 is 2.71 bits per heavy atom. The summed E-state index contributed by atoms with van der Waals surface area (Å²) in [4.78, 5) is 2.24. The molecule has 0 aromatic rings. The summed E-state index contributed by atoms with van der Waals surface area (Å²) >= 11 is 0. The van der Waals surface area contributed by atoms with E-state index in [4.69, 9.17) is 4.74 Å². The highest BCUT2D eigenvalue weighted by atomic mass is 16.5. The van der Waals surface area contributed by atoms with Gasteiger partial charge in [0.2, 0.25) is 0 Å². The Hall–Kier alpha value is -0.630. The topological polar surface area (TPSA) is 48.3 Å². The van der Waals surface area contributed by atoms with Crippen LogP contribution in [0.25, 0.3) is 0 Å². The van der Waals surface area contributed by atoms with E-state index in [0.717, 1.165) is 32.7 Å². The van der Waals surface area contributed by atoms with E-state index in [1.807, 2.05) is 0 Å². The van der Waals surface area contributed by atoms with Crippen LogP contribution in [-0.2, 0) is 4.74 Å². The number of ether oxygens (including phenoxy) is 1. The molecule has 1 N–H and O–H groups in total. The van der Waals surface area contributed by atoms with E-state index in [9.17, 15) is 5.26 Å². The minimum atomic E-state index is -0.337. The molecule has 1 saturated carbocycles. The molecule has 0 amide bonds. The quantitative estimate of drug-likeness (QED) is 0.615. The van der Waals surface area contributed by atoms with E-state index in [1.54, 1.807) is 7.11 Å². The molecule has 1 rings (SSSR count). The van der Waals surface area contributed by atoms with Gasteiger partial charge in [0.15, 0.2) is 0 Å². The minimum Gasteiger partial charge on any atom is -0.385 e. The van der Waals surface area contributed by atoms with Crippen LogP contribution < -0.4 is 5.32 Å². The Bertz CT molecular complexity index is 260. The third kappa shape index (κ3) is 4.27. The molecular formula is C13H25N3O. The Labute approximate surface area is 105 Å². The van der Waals surface area contributed by atoms with Gasteiger partial charge in [-0.3, -0.25) is 5.32 Å². The smallest absolute Gasteiger partial charge is 0.122 e. The van der Waals surface area contributed by atoms with Crippen molar-refractivity contribution in [3.8, 4) is 6.07 Å². The fraction of sp³-hybridized carbons (Fsp3) is 0.923. The summed E-state index contributed by atoms with van der Waals surface area (Å²) < 4.78 is 5.05. The van der Waals surface area contributed by atoms with Crippen molar-refractivity contribution in [3.63, 3.8) is 0 Å². The van der Waals surface area contributed by atoms with E-state index in [2.05, 4.69) is 30.3 Å². The second-order valence-corrected chi connectivity index (χ2v) is 4.97. The van der Waals surface area contributed by atoms with Crippen molar-refractivity contribution in [3.05, 3.63) is 0 Å². The molecule has 4 nitrogen and oxygen atoms in total. The van der Waals surface area contributed by atoms with Gasteiger partial charge in [0.05, 0.1) is 6.07 Å². The Morgan fingerprint density at radius 2 is 2.24 bits per heavy atom. The second-order valence-electron chi connectivity index (χ2n) is 4.97. The molecule has 0 bridgehead atoms. The first-order chi connectivity index (χ1) is 8.18. The number of likely N-dealkylation sites (N-methyl/N-ethyl adjacent to an activating group) is 2. The van der Waals surface area contributed by atoms with Gasteiger partial charge in [0.1, 0.15) is 5.54 Å². The van der Waals surface area contributed by atoms with Gasteiger partial charge in [0.25, 0.3) is 0 Å². The maximum absolute atomic E-state index is 9.47. The summed E-state index contributed by atoms with van der Waals surface area (Å²) in [5.74, 6) is 0.539. The van der Waals surface area contributed by atoms with Gasteiger partial charge in [-0.25, -0.2) is 0 Å². The molecule has 1 unspecified atom stereocenters. The molecule has 0 saturated heterocycles. The molecule has 1 aliphatic rings. The van der Waals surface area contributed by atoms with Crippen molar-refractivity contribution >= 4 is 0 Å². The summed E-state index contributed by atoms with van der Waals surface area (Å²) in [7, 11) is 3.81. The van der Waals surface area contributed by atoms with Crippen LogP contribution in [0.3, 0.4) is 0 Å². The fourth-order valence-corrected chi connectivity index (χ4v) is 2.37. The van der Waals surface area contributed by atoms with Gasteiger partial charge in [0, 0.05) is 26.8 Å². The van der Waals surface area contributed by atoms with Gasteiger partial charge >= 0.3 is 0 Å². The van der Waals surface area contributed by atoms with Crippen molar-refractivity contribution in [2.45, 2.75) is 31.7 Å². The van der Waals surface area contributed by atoms with E-state index >= 15 is 0 Å². The van der Waals surface area contributed by atoms with Crippen molar-refractivity contribution in [2.24, 2.45) is 5.92 Å². The van der Waals surface area contributed by atoms with Crippen molar-refractivity contribution in [1.29, 1.82) is 5.26 Å². The number of nitrogens with zero attached hydrogens (tertiary/aromatic N) is 2. The first-order valence-electron chi connectivity index (χ1n) is 6.52. The van der Waals surface area contributed by atoms with E-state index in [-0.39, 0.29) is 5.54 Å². The number of rotatable bonds is 9. The van der Waals surface area contributed by atoms with E-state index in [1.165, 1.54) is 12.8 Å². The monoisotopic (exact) mass is 239 g/mol. The lowest BCUT2D eigenvalue weighted by atomic mass is 9.94. The van der Waals surface area contributed by atoms with Crippen molar-refractivity contribution in [1.82, 2.24) is 10.2 Å². The first-order valence-corrected chi connectivity index (χ1v) is 6.52. The van der Waals surface area contributed by atoms with Crippen LogP contribution in [-0.4, -0.2) is 50.8 Å². The normalized spacial score (nSPS) is 19.0. The molecule has 98 valence electrons. The molecule has 1 atom stereocenters. The van der Waals surface area contributed by atoms with Gasteiger partial charge in [-0.15, -0.1) is 0 Å². The molecule has 1 aliphatic carbocycles. The highest BCUT2D eigenvalue weighted by Gasteiger charge is 2.45. The van der Waals surface area contributed by atoms with Crippen LogP contribution in [0, 0.1) is 17.2 Å². The van der Waals surface area contributed by atoms with E-state index < -0.39 is 0 Å². The lowest BCUT2D eigenvalue weighted by molar-refractivity contribution is 0.167. The molecule has 0 spiro atoms. The summed E-state index contributed by atoms with van der Waals surface area (Å²) in [5.41, 5.74) is -0.337. The molecule has 0 radical (unpaired) electrons. The van der Waals surface area contributed by atoms with Crippen LogP contribution in [0.15, 0.2) is 0 Å². The number of hydrogen-bond donors (Lipinski definition) is 1. The molecule has 0 aromatic heterocycles.